The Morgan fingerprint density at radius 2 is 1.81 bits per heavy atom. The number of benzene rings is 2. The highest BCUT2D eigenvalue weighted by molar-refractivity contribution is 7.89. The van der Waals surface area contributed by atoms with Gasteiger partial charge in [-0.1, -0.05) is 35.9 Å². The third-order valence-electron chi connectivity index (χ3n) is 6.37. The maximum atomic E-state index is 12.9. The van der Waals surface area contributed by atoms with Crippen LogP contribution in [0.3, 0.4) is 0 Å². The van der Waals surface area contributed by atoms with Gasteiger partial charge in [0.2, 0.25) is 15.9 Å². The van der Waals surface area contributed by atoms with E-state index in [2.05, 4.69) is 34.5 Å². The lowest BCUT2D eigenvalue weighted by Crippen LogP contribution is -2.45. The van der Waals surface area contributed by atoms with Gasteiger partial charge in [-0.2, -0.15) is 4.31 Å². The van der Waals surface area contributed by atoms with Crippen molar-refractivity contribution in [3.63, 3.8) is 0 Å². The fourth-order valence-electron chi connectivity index (χ4n) is 4.53. The predicted octanol–water partition coefficient (Wildman–Crippen LogP) is 3.31. The van der Waals surface area contributed by atoms with Gasteiger partial charge in [0.15, 0.2) is 0 Å². The number of hydrogen-bond acceptors (Lipinski definition) is 4. The molecule has 0 saturated carbocycles. The average Bonchev–Trinajstić information content (AvgIpc) is 2.82. The standard InChI is InChI=1S/C24H30ClN3O3S/c25-22-8-10-23(11-9-22)32(30,31)28-15-3-7-21(18-28)24(29)26-13-4-14-27-16-12-19-5-1-2-6-20(19)17-27/h1-2,5-6,8-11,21H,3-4,7,12-18H2,(H,26,29). The fourth-order valence-corrected chi connectivity index (χ4v) is 6.18. The van der Waals surface area contributed by atoms with E-state index in [-0.39, 0.29) is 23.3 Å². The van der Waals surface area contributed by atoms with E-state index in [1.165, 1.54) is 27.6 Å². The second kappa shape index (κ2) is 10.3. The molecule has 172 valence electrons. The van der Waals surface area contributed by atoms with Crippen LogP contribution in [0.1, 0.15) is 30.4 Å². The Hall–Kier alpha value is -1.93. The Morgan fingerprint density at radius 1 is 1.06 bits per heavy atom. The molecule has 1 N–H and O–H groups in total. The first kappa shape index (κ1) is 23.2. The molecule has 1 unspecified atom stereocenters. The summed E-state index contributed by atoms with van der Waals surface area (Å²) in [5, 5.41) is 3.52. The van der Waals surface area contributed by atoms with Gasteiger partial charge >= 0.3 is 0 Å². The van der Waals surface area contributed by atoms with Crippen LogP contribution in [-0.4, -0.2) is 56.3 Å². The normalized spacial score (nSPS) is 20.0. The molecule has 2 aromatic rings. The summed E-state index contributed by atoms with van der Waals surface area (Å²) >= 11 is 5.88. The summed E-state index contributed by atoms with van der Waals surface area (Å²) in [6.45, 7) is 4.22. The average molecular weight is 476 g/mol. The van der Waals surface area contributed by atoms with Crippen LogP contribution in [0.25, 0.3) is 0 Å². The molecule has 0 radical (unpaired) electrons. The second-order valence-corrected chi connectivity index (χ2v) is 11.0. The van der Waals surface area contributed by atoms with Crippen LogP contribution in [0.15, 0.2) is 53.4 Å². The molecule has 1 fully saturated rings. The zero-order valence-corrected chi connectivity index (χ0v) is 19.7. The summed E-state index contributed by atoms with van der Waals surface area (Å²) in [5.41, 5.74) is 2.83. The third kappa shape index (κ3) is 5.52. The fraction of sp³-hybridized carbons (Fsp3) is 0.458. The second-order valence-electron chi connectivity index (χ2n) is 8.60. The van der Waals surface area contributed by atoms with Gasteiger partial charge in [0, 0.05) is 44.3 Å². The lowest BCUT2D eigenvalue weighted by molar-refractivity contribution is -0.126. The molecule has 0 aliphatic carbocycles. The van der Waals surface area contributed by atoms with Gasteiger partial charge in [0.25, 0.3) is 0 Å². The van der Waals surface area contributed by atoms with Crippen LogP contribution in [0.2, 0.25) is 5.02 Å². The number of halogens is 1. The van der Waals surface area contributed by atoms with E-state index in [1.54, 1.807) is 12.1 Å². The van der Waals surface area contributed by atoms with E-state index in [9.17, 15) is 13.2 Å². The predicted molar refractivity (Wildman–Crippen MR) is 126 cm³/mol. The van der Waals surface area contributed by atoms with Crippen LogP contribution in [-0.2, 0) is 27.8 Å². The highest BCUT2D eigenvalue weighted by Gasteiger charge is 2.33. The van der Waals surface area contributed by atoms with E-state index in [0.717, 1.165) is 32.5 Å². The molecule has 0 bridgehead atoms. The van der Waals surface area contributed by atoms with Crippen LogP contribution in [0.4, 0.5) is 0 Å². The van der Waals surface area contributed by atoms with Crippen molar-refractivity contribution in [2.75, 3.05) is 32.7 Å². The number of amides is 1. The van der Waals surface area contributed by atoms with E-state index in [0.29, 0.717) is 31.0 Å². The zero-order chi connectivity index (χ0) is 22.6. The maximum Gasteiger partial charge on any atom is 0.243 e. The Morgan fingerprint density at radius 3 is 2.59 bits per heavy atom. The largest absolute Gasteiger partial charge is 0.356 e. The Bertz CT molecular complexity index is 1040. The summed E-state index contributed by atoms with van der Waals surface area (Å²) in [5.74, 6) is -0.363. The van der Waals surface area contributed by atoms with E-state index < -0.39 is 10.0 Å². The molecule has 1 saturated heterocycles. The van der Waals surface area contributed by atoms with E-state index in [1.807, 2.05) is 0 Å². The van der Waals surface area contributed by atoms with Crippen LogP contribution in [0.5, 0.6) is 0 Å². The molecule has 32 heavy (non-hydrogen) atoms. The molecule has 6 nitrogen and oxygen atoms in total. The number of nitrogens with one attached hydrogen (secondary N) is 1. The lowest BCUT2D eigenvalue weighted by Gasteiger charge is -2.31. The Balaban J connectivity index is 1.24. The molecule has 2 aliphatic rings. The summed E-state index contributed by atoms with van der Waals surface area (Å²) < 4.78 is 27.3. The number of fused-ring (bicyclic) bond motifs is 1. The number of nitrogens with zero attached hydrogens (tertiary/aromatic N) is 2. The Labute approximate surface area is 195 Å². The van der Waals surface area contributed by atoms with Gasteiger partial charge in [-0.25, -0.2) is 8.42 Å². The van der Waals surface area contributed by atoms with Crippen molar-refractivity contribution < 1.29 is 13.2 Å². The number of carbonyl (C=O) groups is 1. The SMILES string of the molecule is O=C(NCCCN1CCc2ccccc2C1)C1CCCN(S(=O)(=O)c2ccc(Cl)cc2)C1. The van der Waals surface area contributed by atoms with Gasteiger partial charge in [-0.15, -0.1) is 0 Å². The van der Waals surface area contributed by atoms with Crippen LogP contribution < -0.4 is 5.32 Å². The van der Waals surface area contributed by atoms with Gasteiger partial charge in [0.1, 0.15) is 0 Å². The first-order chi connectivity index (χ1) is 15.4. The van der Waals surface area contributed by atoms with Crippen molar-refractivity contribution in [2.45, 2.75) is 37.1 Å². The van der Waals surface area contributed by atoms with E-state index in [4.69, 9.17) is 11.6 Å². The minimum Gasteiger partial charge on any atom is -0.356 e. The highest BCUT2D eigenvalue weighted by Crippen LogP contribution is 2.25. The molecule has 2 aliphatic heterocycles. The first-order valence-corrected chi connectivity index (χ1v) is 13.1. The molecule has 0 aromatic heterocycles. The number of piperidine rings is 1. The zero-order valence-electron chi connectivity index (χ0n) is 18.2. The van der Waals surface area contributed by atoms with Crippen molar-refractivity contribution in [2.24, 2.45) is 5.92 Å². The number of carbonyl (C=O) groups excluding carboxylic acids is 1. The molecule has 4 rings (SSSR count). The molecule has 1 amide bonds. The van der Waals surface area contributed by atoms with E-state index >= 15 is 0 Å². The molecule has 0 spiro atoms. The maximum absolute atomic E-state index is 12.9. The topological polar surface area (TPSA) is 69.7 Å². The summed E-state index contributed by atoms with van der Waals surface area (Å²) in [4.78, 5) is 15.3. The summed E-state index contributed by atoms with van der Waals surface area (Å²) in [7, 11) is -3.62. The van der Waals surface area contributed by atoms with Crippen molar-refractivity contribution in [1.82, 2.24) is 14.5 Å². The quantitative estimate of drug-likeness (QED) is 0.624. The van der Waals surface area contributed by atoms with Crippen molar-refractivity contribution >= 4 is 27.5 Å². The van der Waals surface area contributed by atoms with Gasteiger partial charge in [-0.3, -0.25) is 9.69 Å². The molecular formula is C24H30ClN3O3S. The minimum absolute atomic E-state index is 0.0509. The van der Waals surface area contributed by atoms with Gasteiger partial charge in [0.05, 0.1) is 10.8 Å². The minimum atomic E-state index is -3.62. The summed E-state index contributed by atoms with van der Waals surface area (Å²) in [6.07, 6.45) is 3.34. The Kier molecular flexibility index (Phi) is 7.51. The molecular weight excluding hydrogens is 446 g/mol. The van der Waals surface area contributed by atoms with Gasteiger partial charge < -0.3 is 5.32 Å². The molecule has 2 aromatic carbocycles. The molecule has 1 atom stereocenters. The van der Waals surface area contributed by atoms with Crippen molar-refractivity contribution in [3.8, 4) is 0 Å². The molecule has 8 heteroatoms. The number of rotatable bonds is 7. The first-order valence-electron chi connectivity index (χ1n) is 11.3. The van der Waals surface area contributed by atoms with Crippen molar-refractivity contribution in [3.05, 3.63) is 64.7 Å². The smallest absolute Gasteiger partial charge is 0.243 e. The van der Waals surface area contributed by atoms with Crippen molar-refractivity contribution in [1.29, 1.82) is 0 Å². The van der Waals surface area contributed by atoms with Gasteiger partial charge in [-0.05, 0) is 61.1 Å². The monoisotopic (exact) mass is 475 g/mol. The summed E-state index contributed by atoms with van der Waals surface area (Å²) in [6, 6.07) is 14.7. The molecule has 2 heterocycles. The lowest BCUT2D eigenvalue weighted by atomic mass is 9.98. The third-order valence-corrected chi connectivity index (χ3v) is 8.50. The van der Waals surface area contributed by atoms with Crippen LogP contribution >= 0.6 is 11.6 Å². The highest BCUT2D eigenvalue weighted by atomic mass is 35.5. The number of hydrogen-bond donors (Lipinski definition) is 1. The van der Waals surface area contributed by atoms with Crippen LogP contribution in [0, 0.1) is 5.92 Å². The number of sulfonamides is 1.